The molecule has 5 heteroatoms. The molecule has 1 aromatic rings. The molecule has 0 saturated carbocycles. The van der Waals surface area contributed by atoms with Gasteiger partial charge in [0.25, 0.3) is 0 Å². The molecule has 0 saturated heterocycles. The Morgan fingerprint density at radius 1 is 1.33 bits per heavy atom. The van der Waals surface area contributed by atoms with Crippen LogP contribution in [0.3, 0.4) is 0 Å². The van der Waals surface area contributed by atoms with Gasteiger partial charge in [0.2, 0.25) is 0 Å². The lowest BCUT2D eigenvalue weighted by Gasteiger charge is -2.18. The smallest absolute Gasteiger partial charge is 0.321 e. The highest BCUT2D eigenvalue weighted by atomic mass is 19.1. The number of rotatable bonds is 5. The number of nitrogens with zero attached hydrogens (tertiary/aromatic N) is 1. The Bertz CT molecular complexity index is 410. The first kappa shape index (κ1) is 14.4. The Morgan fingerprint density at radius 3 is 2.67 bits per heavy atom. The van der Waals surface area contributed by atoms with Crippen molar-refractivity contribution in [1.82, 2.24) is 4.90 Å². The standard InChI is InChI=1S/C13H18F2N2O/c1-3-4-5-8-17(2)13(18)16-12-7-6-10(14)9-11(12)15/h6-7,9H,3-5,8H2,1-2H3,(H,16,18). The number of carbonyl (C=O) groups excluding carboxylic acids is 1. The molecule has 0 fully saturated rings. The molecule has 1 N–H and O–H groups in total. The molecular formula is C13H18F2N2O. The molecule has 0 radical (unpaired) electrons. The lowest BCUT2D eigenvalue weighted by atomic mass is 10.2. The minimum absolute atomic E-state index is 0.0104. The Hall–Kier alpha value is -1.65. The summed E-state index contributed by atoms with van der Waals surface area (Å²) in [7, 11) is 1.65. The van der Waals surface area contributed by atoms with Crippen LogP contribution in [-0.4, -0.2) is 24.5 Å². The number of anilines is 1. The maximum atomic E-state index is 13.3. The molecule has 0 spiro atoms. The zero-order valence-electron chi connectivity index (χ0n) is 10.7. The summed E-state index contributed by atoms with van der Waals surface area (Å²) in [5.41, 5.74) is -0.0104. The Labute approximate surface area is 106 Å². The molecule has 0 aromatic heterocycles. The van der Waals surface area contributed by atoms with Crippen molar-refractivity contribution in [3.63, 3.8) is 0 Å². The van der Waals surface area contributed by atoms with Crippen molar-refractivity contribution in [2.45, 2.75) is 26.2 Å². The van der Waals surface area contributed by atoms with Crippen LogP contribution in [0, 0.1) is 11.6 Å². The van der Waals surface area contributed by atoms with Crippen LogP contribution in [-0.2, 0) is 0 Å². The molecule has 0 aliphatic carbocycles. The normalized spacial score (nSPS) is 10.2. The number of unbranched alkanes of at least 4 members (excludes halogenated alkanes) is 2. The summed E-state index contributed by atoms with van der Waals surface area (Å²) in [6.07, 6.45) is 3.02. The second kappa shape index (κ2) is 6.93. The van der Waals surface area contributed by atoms with E-state index >= 15 is 0 Å². The summed E-state index contributed by atoms with van der Waals surface area (Å²) in [5, 5.41) is 2.41. The summed E-state index contributed by atoms with van der Waals surface area (Å²) in [6.45, 7) is 2.69. The molecule has 18 heavy (non-hydrogen) atoms. The van der Waals surface area contributed by atoms with Gasteiger partial charge in [-0.3, -0.25) is 0 Å². The topological polar surface area (TPSA) is 32.3 Å². The number of nitrogens with one attached hydrogen (secondary N) is 1. The fraction of sp³-hybridized carbons (Fsp3) is 0.462. The van der Waals surface area contributed by atoms with Gasteiger partial charge in [-0.1, -0.05) is 19.8 Å². The molecule has 0 atom stereocenters. The quantitative estimate of drug-likeness (QED) is 0.802. The van der Waals surface area contributed by atoms with Crippen LogP contribution in [0.5, 0.6) is 0 Å². The molecule has 0 unspecified atom stereocenters. The fourth-order valence-electron chi connectivity index (χ4n) is 1.50. The highest BCUT2D eigenvalue weighted by Gasteiger charge is 2.11. The zero-order chi connectivity index (χ0) is 13.5. The van der Waals surface area contributed by atoms with Crippen LogP contribution in [0.15, 0.2) is 18.2 Å². The lowest BCUT2D eigenvalue weighted by Crippen LogP contribution is -2.32. The van der Waals surface area contributed by atoms with Gasteiger partial charge in [-0.15, -0.1) is 0 Å². The van der Waals surface area contributed by atoms with Crippen LogP contribution in [0.25, 0.3) is 0 Å². The van der Waals surface area contributed by atoms with Crippen LogP contribution in [0.4, 0.5) is 19.3 Å². The molecule has 2 amide bonds. The van der Waals surface area contributed by atoms with E-state index in [-0.39, 0.29) is 5.69 Å². The first-order valence-electron chi connectivity index (χ1n) is 6.01. The number of halogens is 2. The highest BCUT2D eigenvalue weighted by Crippen LogP contribution is 2.15. The van der Waals surface area contributed by atoms with Crippen molar-refractivity contribution in [3.8, 4) is 0 Å². The van der Waals surface area contributed by atoms with Gasteiger partial charge < -0.3 is 10.2 Å². The number of urea groups is 1. The number of hydrogen-bond acceptors (Lipinski definition) is 1. The van der Waals surface area contributed by atoms with Crippen molar-refractivity contribution in [2.24, 2.45) is 0 Å². The summed E-state index contributed by atoms with van der Waals surface area (Å²) in [5.74, 6) is -1.44. The summed E-state index contributed by atoms with van der Waals surface area (Å²) in [4.78, 5) is 13.2. The molecule has 0 aliphatic heterocycles. The van der Waals surface area contributed by atoms with Crippen molar-refractivity contribution in [2.75, 3.05) is 18.9 Å². The second-order valence-corrected chi connectivity index (χ2v) is 4.18. The Morgan fingerprint density at radius 2 is 2.06 bits per heavy atom. The number of carbonyl (C=O) groups is 1. The van der Waals surface area contributed by atoms with E-state index in [0.29, 0.717) is 6.54 Å². The second-order valence-electron chi connectivity index (χ2n) is 4.18. The third kappa shape index (κ3) is 4.31. The molecule has 1 aromatic carbocycles. The Balaban J connectivity index is 2.53. The van der Waals surface area contributed by atoms with Crippen molar-refractivity contribution in [1.29, 1.82) is 0 Å². The van der Waals surface area contributed by atoms with E-state index in [4.69, 9.17) is 0 Å². The summed E-state index contributed by atoms with van der Waals surface area (Å²) in [6, 6.07) is 2.67. The first-order valence-corrected chi connectivity index (χ1v) is 6.01. The summed E-state index contributed by atoms with van der Waals surface area (Å²) < 4.78 is 26.0. The molecule has 0 heterocycles. The van der Waals surface area contributed by atoms with Crippen LogP contribution in [0.1, 0.15) is 26.2 Å². The summed E-state index contributed by atoms with van der Waals surface area (Å²) >= 11 is 0. The van der Waals surface area contributed by atoms with E-state index in [1.807, 2.05) is 0 Å². The zero-order valence-corrected chi connectivity index (χ0v) is 10.7. The third-order valence-electron chi connectivity index (χ3n) is 2.62. The average Bonchev–Trinajstić information content (AvgIpc) is 2.32. The van der Waals surface area contributed by atoms with Gasteiger partial charge in [0.1, 0.15) is 11.6 Å². The van der Waals surface area contributed by atoms with Gasteiger partial charge in [-0.05, 0) is 18.6 Å². The third-order valence-corrected chi connectivity index (χ3v) is 2.62. The molecule has 0 bridgehead atoms. The maximum Gasteiger partial charge on any atom is 0.321 e. The van der Waals surface area contributed by atoms with E-state index < -0.39 is 17.7 Å². The van der Waals surface area contributed by atoms with Crippen LogP contribution >= 0.6 is 0 Å². The molecule has 100 valence electrons. The van der Waals surface area contributed by atoms with E-state index in [1.165, 1.54) is 11.0 Å². The van der Waals surface area contributed by atoms with Crippen LogP contribution < -0.4 is 5.32 Å². The lowest BCUT2D eigenvalue weighted by molar-refractivity contribution is 0.221. The van der Waals surface area contributed by atoms with E-state index in [0.717, 1.165) is 31.4 Å². The average molecular weight is 256 g/mol. The molecular weight excluding hydrogens is 238 g/mol. The molecule has 3 nitrogen and oxygen atoms in total. The SMILES string of the molecule is CCCCCN(C)C(=O)Nc1ccc(F)cc1F. The van der Waals surface area contributed by atoms with Gasteiger partial charge in [0, 0.05) is 19.7 Å². The largest absolute Gasteiger partial charge is 0.328 e. The maximum absolute atomic E-state index is 13.3. The number of benzene rings is 1. The van der Waals surface area contributed by atoms with Gasteiger partial charge >= 0.3 is 6.03 Å². The monoisotopic (exact) mass is 256 g/mol. The highest BCUT2D eigenvalue weighted by molar-refractivity contribution is 5.89. The minimum atomic E-state index is -0.773. The van der Waals surface area contributed by atoms with Crippen molar-refractivity contribution < 1.29 is 13.6 Å². The minimum Gasteiger partial charge on any atom is -0.328 e. The predicted octanol–water partition coefficient (Wildman–Crippen LogP) is 3.62. The fourth-order valence-corrected chi connectivity index (χ4v) is 1.50. The van der Waals surface area contributed by atoms with Crippen molar-refractivity contribution in [3.05, 3.63) is 29.8 Å². The molecule has 1 rings (SSSR count). The predicted molar refractivity (Wildman–Crippen MR) is 67.5 cm³/mol. The first-order chi connectivity index (χ1) is 8.54. The molecule has 0 aliphatic rings. The van der Waals surface area contributed by atoms with Gasteiger partial charge in [0.15, 0.2) is 0 Å². The van der Waals surface area contributed by atoms with Gasteiger partial charge in [-0.25, -0.2) is 13.6 Å². The van der Waals surface area contributed by atoms with E-state index in [1.54, 1.807) is 7.05 Å². The Kier molecular flexibility index (Phi) is 5.55. The van der Waals surface area contributed by atoms with Gasteiger partial charge in [0.05, 0.1) is 5.69 Å². The van der Waals surface area contributed by atoms with Gasteiger partial charge in [-0.2, -0.15) is 0 Å². The van der Waals surface area contributed by atoms with Crippen molar-refractivity contribution >= 4 is 11.7 Å². The van der Waals surface area contributed by atoms with E-state index in [2.05, 4.69) is 12.2 Å². The van der Waals surface area contributed by atoms with E-state index in [9.17, 15) is 13.6 Å². The van der Waals surface area contributed by atoms with Crippen LogP contribution in [0.2, 0.25) is 0 Å². The number of hydrogen-bond donors (Lipinski definition) is 1. The number of amides is 2.